The molecule has 2 N–H and O–H groups in total. The van der Waals surface area contributed by atoms with Gasteiger partial charge in [-0.1, -0.05) is 6.92 Å². The van der Waals surface area contributed by atoms with Crippen LogP contribution in [0.4, 0.5) is 11.4 Å². The Morgan fingerprint density at radius 3 is 2.81 bits per heavy atom. The second-order valence-corrected chi connectivity index (χ2v) is 5.62. The van der Waals surface area contributed by atoms with Gasteiger partial charge in [0.25, 0.3) is 5.91 Å². The second kappa shape index (κ2) is 7.64. The molecular formula is C18H19N5O3. The molecule has 3 aromatic rings. The molecule has 2 amide bonds. The number of fused-ring (bicyclic) bond motifs is 1. The number of anilines is 2. The van der Waals surface area contributed by atoms with E-state index in [0.29, 0.717) is 29.2 Å². The number of hydrogen-bond donors (Lipinski definition) is 2. The van der Waals surface area contributed by atoms with Gasteiger partial charge in [-0.2, -0.15) is 5.10 Å². The molecule has 8 nitrogen and oxygen atoms in total. The Balaban J connectivity index is 1.76. The molecule has 0 radical (unpaired) electrons. The van der Waals surface area contributed by atoms with Crippen LogP contribution in [0.1, 0.15) is 30.3 Å². The second-order valence-electron chi connectivity index (χ2n) is 5.62. The Kier molecular flexibility index (Phi) is 5.12. The van der Waals surface area contributed by atoms with Crippen molar-refractivity contribution < 1.29 is 14.3 Å². The summed E-state index contributed by atoms with van der Waals surface area (Å²) in [6.45, 7) is 1.93. The summed E-state index contributed by atoms with van der Waals surface area (Å²) in [5.41, 5.74) is 1.93. The molecule has 0 aliphatic carbocycles. The molecule has 2 aromatic heterocycles. The molecule has 2 heterocycles. The molecule has 0 spiro atoms. The number of methoxy groups -OCH3 is 1. The molecule has 8 heteroatoms. The lowest BCUT2D eigenvalue weighted by Crippen LogP contribution is -2.14. The zero-order valence-electron chi connectivity index (χ0n) is 14.5. The minimum Gasteiger partial charge on any atom is -0.494 e. The maximum Gasteiger partial charge on any atom is 0.276 e. The summed E-state index contributed by atoms with van der Waals surface area (Å²) < 4.78 is 6.83. The van der Waals surface area contributed by atoms with Gasteiger partial charge in [0.1, 0.15) is 5.75 Å². The molecule has 0 atom stereocenters. The fraction of sp³-hybridized carbons (Fsp3) is 0.222. The molecule has 0 aliphatic heterocycles. The molecule has 26 heavy (non-hydrogen) atoms. The largest absolute Gasteiger partial charge is 0.494 e. The van der Waals surface area contributed by atoms with Gasteiger partial charge < -0.3 is 15.4 Å². The molecule has 3 rings (SSSR count). The van der Waals surface area contributed by atoms with Gasteiger partial charge in [0.2, 0.25) is 5.91 Å². The quantitative estimate of drug-likeness (QED) is 0.710. The van der Waals surface area contributed by atoms with Crippen molar-refractivity contribution in [1.29, 1.82) is 0 Å². The van der Waals surface area contributed by atoms with Gasteiger partial charge in [0, 0.05) is 36.6 Å². The number of hydrogen-bond acceptors (Lipinski definition) is 5. The highest BCUT2D eigenvalue weighted by Gasteiger charge is 2.13. The van der Waals surface area contributed by atoms with Crippen molar-refractivity contribution in [2.75, 3.05) is 17.7 Å². The van der Waals surface area contributed by atoms with E-state index in [-0.39, 0.29) is 17.5 Å². The number of carbonyl (C=O) groups excluding carboxylic acids is 2. The van der Waals surface area contributed by atoms with Crippen molar-refractivity contribution >= 4 is 28.8 Å². The van der Waals surface area contributed by atoms with E-state index in [0.717, 1.165) is 6.42 Å². The molecule has 0 aliphatic rings. The van der Waals surface area contributed by atoms with Crippen LogP contribution in [0, 0.1) is 0 Å². The van der Waals surface area contributed by atoms with Crippen LogP contribution >= 0.6 is 0 Å². The first-order valence-corrected chi connectivity index (χ1v) is 8.20. The van der Waals surface area contributed by atoms with Crippen LogP contribution in [0.5, 0.6) is 5.75 Å². The van der Waals surface area contributed by atoms with E-state index >= 15 is 0 Å². The van der Waals surface area contributed by atoms with Gasteiger partial charge in [0.05, 0.1) is 12.8 Å². The van der Waals surface area contributed by atoms with Gasteiger partial charge in [-0.3, -0.25) is 9.59 Å². The van der Waals surface area contributed by atoms with Crippen LogP contribution in [0.25, 0.3) is 5.65 Å². The van der Waals surface area contributed by atoms with Crippen LogP contribution in [0.3, 0.4) is 0 Å². The van der Waals surface area contributed by atoms with E-state index in [1.807, 2.05) is 6.92 Å². The Morgan fingerprint density at radius 2 is 2.08 bits per heavy atom. The van der Waals surface area contributed by atoms with E-state index in [2.05, 4.69) is 20.7 Å². The van der Waals surface area contributed by atoms with Crippen molar-refractivity contribution in [3.05, 3.63) is 48.4 Å². The van der Waals surface area contributed by atoms with Gasteiger partial charge in [-0.15, -0.1) is 0 Å². The van der Waals surface area contributed by atoms with Crippen molar-refractivity contribution in [1.82, 2.24) is 14.6 Å². The van der Waals surface area contributed by atoms with Crippen LogP contribution in [-0.4, -0.2) is 33.5 Å². The van der Waals surface area contributed by atoms with E-state index in [9.17, 15) is 9.59 Å². The van der Waals surface area contributed by atoms with E-state index in [1.54, 1.807) is 42.7 Å². The zero-order chi connectivity index (χ0) is 18.5. The molecular weight excluding hydrogens is 334 g/mol. The first-order valence-electron chi connectivity index (χ1n) is 8.20. The lowest BCUT2D eigenvalue weighted by atomic mass is 10.2. The van der Waals surface area contributed by atoms with Crippen LogP contribution in [0.2, 0.25) is 0 Å². The monoisotopic (exact) mass is 353 g/mol. The lowest BCUT2D eigenvalue weighted by molar-refractivity contribution is -0.116. The number of aromatic nitrogens is 3. The summed E-state index contributed by atoms with van der Waals surface area (Å²) in [5, 5.41) is 9.74. The molecule has 134 valence electrons. The minimum atomic E-state index is -0.361. The lowest BCUT2D eigenvalue weighted by Gasteiger charge is -2.12. The Labute approximate surface area is 150 Å². The first kappa shape index (κ1) is 17.4. The highest BCUT2D eigenvalue weighted by molar-refractivity contribution is 6.04. The first-order chi connectivity index (χ1) is 12.6. The van der Waals surface area contributed by atoms with Gasteiger partial charge >= 0.3 is 0 Å². The van der Waals surface area contributed by atoms with Crippen LogP contribution < -0.4 is 15.4 Å². The highest BCUT2D eigenvalue weighted by Crippen LogP contribution is 2.28. The number of rotatable bonds is 6. The van der Waals surface area contributed by atoms with Crippen LogP contribution in [0.15, 0.2) is 42.7 Å². The van der Waals surface area contributed by atoms with Crippen molar-refractivity contribution in [2.45, 2.75) is 19.8 Å². The number of carbonyl (C=O) groups is 2. The number of ether oxygens (including phenoxy) is 1. The summed E-state index contributed by atoms with van der Waals surface area (Å²) in [4.78, 5) is 28.3. The van der Waals surface area contributed by atoms with Gasteiger partial charge in [-0.05, 0) is 24.6 Å². The van der Waals surface area contributed by atoms with E-state index in [4.69, 9.17) is 4.74 Å². The SMILES string of the molecule is CCCC(=O)Nc1ccc(NC(=O)c2cc3ncccn3n2)cc1OC. The number of amides is 2. The predicted octanol–water partition coefficient (Wildman–Crippen LogP) is 2.73. The molecule has 1 aromatic carbocycles. The van der Waals surface area contributed by atoms with E-state index in [1.165, 1.54) is 11.6 Å². The minimum absolute atomic E-state index is 0.0835. The fourth-order valence-corrected chi connectivity index (χ4v) is 2.45. The average Bonchev–Trinajstić information content (AvgIpc) is 3.07. The summed E-state index contributed by atoms with van der Waals surface area (Å²) in [6.07, 6.45) is 4.55. The predicted molar refractivity (Wildman–Crippen MR) is 97.5 cm³/mol. The highest BCUT2D eigenvalue weighted by atomic mass is 16.5. The Morgan fingerprint density at radius 1 is 1.23 bits per heavy atom. The Bertz CT molecular complexity index is 918. The summed E-state index contributed by atoms with van der Waals surface area (Å²) >= 11 is 0. The zero-order valence-corrected chi connectivity index (χ0v) is 14.5. The maximum atomic E-state index is 12.4. The molecule has 0 saturated carbocycles. The molecule has 0 unspecified atom stereocenters. The number of nitrogens with zero attached hydrogens (tertiary/aromatic N) is 3. The summed E-state index contributed by atoms with van der Waals surface area (Å²) in [7, 11) is 1.50. The standard InChI is InChI=1S/C18H19N5O3/c1-3-5-17(24)21-13-7-6-12(10-15(13)26-2)20-18(25)14-11-16-19-8-4-9-23(16)22-14/h4,6-11H,3,5H2,1-2H3,(H,20,25)(H,21,24). The molecule has 0 saturated heterocycles. The number of nitrogens with one attached hydrogen (secondary N) is 2. The number of benzene rings is 1. The van der Waals surface area contributed by atoms with Crippen molar-refractivity contribution in [2.24, 2.45) is 0 Å². The normalized spacial score (nSPS) is 10.5. The maximum absolute atomic E-state index is 12.4. The summed E-state index contributed by atoms with van der Waals surface area (Å²) in [5.74, 6) is 0.0176. The van der Waals surface area contributed by atoms with Gasteiger partial charge in [-0.25, -0.2) is 9.50 Å². The fourth-order valence-electron chi connectivity index (χ4n) is 2.45. The average molecular weight is 353 g/mol. The summed E-state index contributed by atoms with van der Waals surface area (Å²) in [6, 6.07) is 8.36. The third-order valence-electron chi connectivity index (χ3n) is 3.68. The van der Waals surface area contributed by atoms with Crippen molar-refractivity contribution in [3.63, 3.8) is 0 Å². The smallest absolute Gasteiger partial charge is 0.276 e. The van der Waals surface area contributed by atoms with Gasteiger partial charge in [0.15, 0.2) is 11.3 Å². The van der Waals surface area contributed by atoms with Crippen molar-refractivity contribution in [3.8, 4) is 5.75 Å². The van der Waals surface area contributed by atoms with Crippen LogP contribution in [-0.2, 0) is 4.79 Å². The Hall–Kier alpha value is -3.42. The van der Waals surface area contributed by atoms with E-state index < -0.39 is 0 Å². The molecule has 0 bridgehead atoms. The molecule has 0 fully saturated rings. The third kappa shape index (κ3) is 3.80. The topological polar surface area (TPSA) is 97.6 Å². The third-order valence-corrected chi connectivity index (χ3v) is 3.68.